The van der Waals surface area contributed by atoms with Gasteiger partial charge in [-0.15, -0.1) is 0 Å². The van der Waals surface area contributed by atoms with E-state index < -0.39 is 5.91 Å². The van der Waals surface area contributed by atoms with Gasteiger partial charge in [0.15, 0.2) is 5.76 Å². The van der Waals surface area contributed by atoms with Gasteiger partial charge in [0.25, 0.3) is 11.8 Å². The molecule has 1 aromatic carbocycles. The number of para-hydroxylation sites is 1. The third-order valence-corrected chi connectivity index (χ3v) is 4.88. The molecule has 27 heavy (non-hydrogen) atoms. The van der Waals surface area contributed by atoms with Crippen molar-refractivity contribution in [2.45, 2.75) is 6.92 Å². The molecule has 3 aromatic rings. The van der Waals surface area contributed by atoms with Gasteiger partial charge in [0.05, 0.1) is 6.26 Å². The van der Waals surface area contributed by atoms with Crippen LogP contribution in [0.15, 0.2) is 51.5 Å². The molecule has 0 atom stereocenters. The second-order valence-corrected chi connectivity index (χ2v) is 6.46. The van der Waals surface area contributed by atoms with Crippen molar-refractivity contribution in [3.63, 3.8) is 0 Å². The van der Waals surface area contributed by atoms with Crippen molar-refractivity contribution in [1.29, 1.82) is 0 Å². The Morgan fingerprint density at radius 2 is 1.85 bits per heavy atom. The number of piperazine rings is 1. The summed E-state index contributed by atoms with van der Waals surface area (Å²) in [5, 5.41) is 3.48. The number of nitrogens with zero attached hydrogens (tertiary/aromatic N) is 2. The first kappa shape index (κ1) is 17.4. The van der Waals surface area contributed by atoms with Crippen LogP contribution >= 0.6 is 0 Å². The molecule has 1 saturated heterocycles. The van der Waals surface area contributed by atoms with Gasteiger partial charge >= 0.3 is 0 Å². The molecule has 140 valence electrons. The van der Waals surface area contributed by atoms with Crippen molar-refractivity contribution in [3.05, 3.63) is 54.2 Å². The molecule has 0 spiro atoms. The lowest BCUT2D eigenvalue weighted by Crippen LogP contribution is -2.48. The molecular weight excluding hydrogens is 346 g/mol. The Balaban J connectivity index is 1.65. The van der Waals surface area contributed by atoms with Crippen molar-refractivity contribution < 1.29 is 18.4 Å². The van der Waals surface area contributed by atoms with Crippen LogP contribution in [-0.2, 0) is 0 Å². The van der Waals surface area contributed by atoms with E-state index in [9.17, 15) is 9.59 Å². The maximum absolute atomic E-state index is 13.1. The molecule has 1 fully saturated rings. The Morgan fingerprint density at radius 3 is 2.56 bits per heavy atom. The average molecular weight is 367 g/mol. The number of benzene rings is 1. The number of hydrogen-bond acceptors (Lipinski definition) is 5. The Hall–Kier alpha value is -3.06. The van der Waals surface area contributed by atoms with Crippen LogP contribution in [0.2, 0.25) is 0 Å². The number of nitrogens with one attached hydrogen (secondary N) is 1. The molecule has 0 radical (unpaired) electrons. The third-order valence-electron chi connectivity index (χ3n) is 4.88. The number of amides is 2. The van der Waals surface area contributed by atoms with E-state index in [0.717, 1.165) is 19.6 Å². The normalized spacial score (nSPS) is 15.2. The lowest BCUT2D eigenvalue weighted by molar-refractivity contribution is 0.0616. The first-order valence-electron chi connectivity index (χ1n) is 9.05. The van der Waals surface area contributed by atoms with Crippen LogP contribution in [0.4, 0.5) is 5.69 Å². The summed E-state index contributed by atoms with van der Waals surface area (Å²) in [6.07, 6.45) is 1.43. The molecule has 3 heterocycles. The van der Waals surface area contributed by atoms with Gasteiger partial charge in [0.2, 0.25) is 5.76 Å². The van der Waals surface area contributed by atoms with Gasteiger partial charge in [-0.2, -0.15) is 0 Å². The number of hydrogen-bond donors (Lipinski definition) is 1. The van der Waals surface area contributed by atoms with Crippen LogP contribution in [-0.4, -0.2) is 54.3 Å². The van der Waals surface area contributed by atoms with Crippen LogP contribution in [0.5, 0.6) is 0 Å². The molecule has 0 saturated carbocycles. The number of furan rings is 2. The molecule has 1 aliphatic heterocycles. The van der Waals surface area contributed by atoms with Gasteiger partial charge in [-0.1, -0.05) is 19.1 Å². The maximum atomic E-state index is 13.1. The Bertz CT molecular complexity index is 953. The van der Waals surface area contributed by atoms with Crippen LogP contribution in [0.1, 0.15) is 28.0 Å². The zero-order valence-corrected chi connectivity index (χ0v) is 15.1. The van der Waals surface area contributed by atoms with E-state index in [0.29, 0.717) is 29.7 Å². The van der Waals surface area contributed by atoms with E-state index in [2.05, 4.69) is 17.1 Å². The summed E-state index contributed by atoms with van der Waals surface area (Å²) in [5.41, 5.74) is 0.942. The number of rotatable bonds is 4. The number of fused-ring (bicyclic) bond motifs is 1. The zero-order valence-electron chi connectivity index (χ0n) is 15.1. The first-order valence-corrected chi connectivity index (χ1v) is 9.05. The largest absolute Gasteiger partial charge is 0.459 e. The van der Waals surface area contributed by atoms with E-state index in [1.807, 2.05) is 18.2 Å². The summed E-state index contributed by atoms with van der Waals surface area (Å²) in [7, 11) is 0. The number of likely N-dealkylation sites (N-methyl/N-ethyl adjacent to an activating group) is 1. The topological polar surface area (TPSA) is 78.9 Å². The highest BCUT2D eigenvalue weighted by Gasteiger charge is 2.29. The van der Waals surface area contributed by atoms with E-state index in [-0.39, 0.29) is 17.4 Å². The highest BCUT2D eigenvalue weighted by atomic mass is 16.4. The zero-order chi connectivity index (χ0) is 18.8. The van der Waals surface area contributed by atoms with Crippen molar-refractivity contribution in [1.82, 2.24) is 9.80 Å². The van der Waals surface area contributed by atoms with E-state index in [1.54, 1.807) is 23.1 Å². The molecule has 2 amide bonds. The van der Waals surface area contributed by atoms with Gasteiger partial charge in [0.1, 0.15) is 11.3 Å². The van der Waals surface area contributed by atoms with Crippen molar-refractivity contribution in [2.24, 2.45) is 0 Å². The van der Waals surface area contributed by atoms with E-state index in [4.69, 9.17) is 8.83 Å². The predicted molar refractivity (Wildman–Crippen MR) is 101 cm³/mol. The minimum atomic E-state index is -0.420. The number of carbonyl (C=O) groups is 2. The standard InChI is InChI=1S/C20H21N3O4/c1-2-22-9-11-23(12-10-22)20(25)18-17(14-6-3-4-7-15(14)27-18)21-19(24)16-8-5-13-26-16/h3-8,13H,2,9-12H2,1H3,(H,21,24). The summed E-state index contributed by atoms with van der Waals surface area (Å²) in [4.78, 5) is 29.6. The quantitative estimate of drug-likeness (QED) is 0.767. The van der Waals surface area contributed by atoms with Gasteiger partial charge in [-0.05, 0) is 30.8 Å². The van der Waals surface area contributed by atoms with Crippen LogP contribution in [0.25, 0.3) is 11.0 Å². The van der Waals surface area contributed by atoms with Crippen LogP contribution in [0.3, 0.4) is 0 Å². The second-order valence-electron chi connectivity index (χ2n) is 6.46. The third kappa shape index (κ3) is 3.33. The Morgan fingerprint density at radius 1 is 1.07 bits per heavy atom. The summed E-state index contributed by atoms with van der Waals surface area (Å²) in [6.45, 7) is 6.01. The molecule has 1 N–H and O–H groups in total. The molecule has 7 nitrogen and oxygen atoms in total. The Kier molecular flexibility index (Phi) is 4.68. The lowest BCUT2D eigenvalue weighted by atomic mass is 10.2. The molecule has 4 rings (SSSR count). The number of anilines is 1. The maximum Gasteiger partial charge on any atom is 0.291 e. The highest BCUT2D eigenvalue weighted by Crippen LogP contribution is 2.32. The molecule has 1 aliphatic rings. The minimum absolute atomic E-state index is 0.154. The summed E-state index contributed by atoms with van der Waals surface area (Å²) >= 11 is 0. The van der Waals surface area contributed by atoms with Gasteiger partial charge in [0, 0.05) is 31.6 Å². The van der Waals surface area contributed by atoms with E-state index >= 15 is 0 Å². The fourth-order valence-corrected chi connectivity index (χ4v) is 3.31. The predicted octanol–water partition coefficient (Wildman–Crippen LogP) is 3.06. The highest BCUT2D eigenvalue weighted by molar-refractivity contribution is 6.13. The SMILES string of the molecule is CCN1CCN(C(=O)c2oc3ccccc3c2NC(=O)c2ccco2)CC1. The summed E-state index contributed by atoms with van der Waals surface area (Å²) in [6, 6.07) is 10.5. The minimum Gasteiger partial charge on any atom is -0.459 e. The number of carbonyl (C=O) groups excluding carboxylic acids is 2. The molecule has 0 aliphatic carbocycles. The van der Waals surface area contributed by atoms with Crippen molar-refractivity contribution in [2.75, 3.05) is 38.0 Å². The first-order chi connectivity index (χ1) is 13.2. The second kappa shape index (κ2) is 7.28. The molecule has 2 aromatic heterocycles. The van der Waals surface area contributed by atoms with Crippen molar-refractivity contribution >= 4 is 28.5 Å². The molecule has 7 heteroatoms. The van der Waals surface area contributed by atoms with E-state index in [1.165, 1.54) is 6.26 Å². The van der Waals surface area contributed by atoms with Crippen molar-refractivity contribution in [3.8, 4) is 0 Å². The lowest BCUT2D eigenvalue weighted by Gasteiger charge is -2.33. The fourth-order valence-electron chi connectivity index (χ4n) is 3.31. The molecule has 0 unspecified atom stereocenters. The van der Waals surface area contributed by atoms with Gasteiger partial charge in [-0.25, -0.2) is 0 Å². The Labute approximate surface area is 156 Å². The molecular formula is C20H21N3O4. The van der Waals surface area contributed by atoms with Gasteiger partial charge in [-0.3, -0.25) is 9.59 Å². The molecule has 0 bridgehead atoms. The monoisotopic (exact) mass is 367 g/mol. The fraction of sp³-hybridized carbons (Fsp3) is 0.300. The summed E-state index contributed by atoms with van der Waals surface area (Å²) < 4.78 is 11.0. The average Bonchev–Trinajstić information content (AvgIpc) is 3.36. The van der Waals surface area contributed by atoms with Crippen LogP contribution in [0, 0.1) is 0 Å². The van der Waals surface area contributed by atoms with Gasteiger partial charge < -0.3 is 24.0 Å². The van der Waals surface area contributed by atoms with Crippen LogP contribution < -0.4 is 5.32 Å². The smallest absolute Gasteiger partial charge is 0.291 e. The summed E-state index contributed by atoms with van der Waals surface area (Å²) in [5.74, 6) is -0.301.